The number of nitrogens with zero attached hydrogens (tertiary/aromatic N) is 1. The third-order valence-corrected chi connectivity index (χ3v) is 2.43. The largest absolute Gasteiger partial charge is 0.269 e. The zero-order chi connectivity index (χ0) is 10.3. The fraction of sp³-hybridized carbons (Fsp3) is 0.200. The molecule has 4 heteroatoms. The number of hydrogen-bond acceptors (Lipinski definition) is 3. The molecule has 2 amide bonds. The van der Waals surface area contributed by atoms with Crippen LogP contribution in [0.15, 0.2) is 24.3 Å². The molecule has 1 atom stereocenters. The summed E-state index contributed by atoms with van der Waals surface area (Å²) in [5.74, 6) is -0.513. The number of imide groups is 1. The molecule has 2 rings (SSSR count). The van der Waals surface area contributed by atoms with Crippen LogP contribution < -0.4 is 0 Å². The minimum absolute atomic E-state index is 0.256. The topological polar surface area (TPSA) is 37.4 Å². The highest BCUT2D eigenvalue weighted by atomic mass is 32.1. The van der Waals surface area contributed by atoms with Gasteiger partial charge in [-0.25, -0.2) is 0 Å². The van der Waals surface area contributed by atoms with E-state index in [1.165, 1.54) is 0 Å². The summed E-state index contributed by atoms with van der Waals surface area (Å²) in [6, 6.07) is 6.81. The van der Waals surface area contributed by atoms with Gasteiger partial charge in [-0.1, -0.05) is 12.1 Å². The minimum atomic E-state index is -0.387. The van der Waals surface area contributed by atoms with E-state index in [2.05, 4.69) is 12.6 Å². The summed E-state index contributed by atoms with van der Waals surface area (Å²) in [6.07, 6.45) is 0. The predicted molar refractivity (Wildman–Crippen MR) is 55.4 cm³/mol. The van der Waals surface area contributed by atoms with Crippen LogP contribution in [0.4, 0.5) is 0 Å². The summed E-state index contributed by atoms with van der Waals surface area (Å²) >= 11 is 4.10. The van der Waals surface area contributed by atoms with Gasteiger partial charge in [-0.15, -0.1) is 0 Å². The van der Waals surface area contributed by atoms with Gasteiger partial charge in [0.05, 0.1) is 16.5 Å². The van der Waals surface area contributed by atoms with Crippen LogP contribution >= 0.6 is 12.6 Å². The number of rotatable bonds is 1. The first-order chi connectivity index (χ1) is 6.63. The molecule has 0 aromatic heterocycles. The van der Waals surface area contributed by atoms with Crippen LogP contribution in [-0.2, 0) is 0 Å². The number of amides is 2. The fourth-order valence-electron chi connectivity index (χ4n) is 1.55. The molecule has 72 valence electrons. The summed E-state index contributed by atoms with van der Waals surface area (Å²) in [5, 5.41) is -0.387. The molecule has 14 heavy (non-hydrogen) atoms. The average Bonchev–Trinajstić information content (AvgIpc) is 2.41. The highest BCUT2D eigenvalue weighted by molar-refractivity contribution is 7.80. The van der Waals surface area contributed by atoms with Gasteiger partial charge in [-0.05, 0) is 19.1 Å². The molecule has 3 nitrogen and oxygen atoms in total. The smallest absolute Gasteiger partial charge is 0.262 e. The van der Waals surface area contributed by atoms with E-state index >= 15 is 0 Å². The number of hydrogen-bond donors (Lipinski definition) is 1. The first-order valence-electron chi connectivity index (χ1n) is 4.28. The molecular weight excluding hydrogens is 198 g/mol. The molecular formula is C10H9NO2S. The van der Waals surface area contributed by atoms with Crippen molar-refractivity contribution in [3.05, 3.63) is 35.4 Å². The van der Waals surface area contributed by atoms with Crippen molar-refractivity contribution >= 4 is 24.4 Å². The maximum atomic E-state index is 11.7. The minimum Gasteiger partial charge on any atom is -0.269 e. The molecule has 0 fully saturated rings. The summed E-state index contributed by atoms with van der Waals surface area (Å²) in [7, 11) is 0. The maximum Gasteiger partial charge on any atom is 0.262 e. The molecule has 0 saturated carbocycles. The second-order valence-electron chi connectivity index (χ2n) is 3.16. The van der Waals surface area contributed by atoms with Crippen molar-refractivity contribution in [2.75, 3.05) is 0 Å². The number of fused-ring (bicyclic) bond motifs is 1. The monoisotopic (exact) mass is 207 g/mol. The first-order valence-corrected chi connectivity index (χ1v) is 4.79. The van der Waals surface area contributed by atoms with E-state index in [4.69, 9.17) is 0 Å². The Morgan fingerprint density at radius 2 is 1.57 bits per heavy atom. The van der Waals surface area contributed by atoms with Crippen molar-refractivity contribution in [1.82, 2.24) is 4.90 Å². The Labute approximate surface area is 87.1 Å². The molecule has 0 aliphatic carbocycles. The molecule has 1 heterocycles. The standard InChI is InChI=1S/C10H9NO2S/c1-6(14)11-9(12)7-4-2-3-5-8(7)10(11)13/h2-6,14H,1H3. The molecule has 1 aromatic rings. The van der Waals surface area contributed by atoms with Crippen LogP contribution in [0.2, 0.25) is 0 Å². The van der Waals surface area contributed by atoms with Crippen LogP contribution in [0.25, 0.3) is 0 Å². The number of benzene rings is 1. The zero-order valence-electron chi connectivity index (χ0n) is 7.60. The van der Waals surface area contributed by atoms with E-state index in [-0.39, 0.29) is 17.2 Å². The maximum absolute atomic E-state index is 11.7. The molecule has 1 aliphatic heterocycles. The highest BCUT2D eigenvalue weighted by Crippen LogP contribution is 2.24. The third kappa shape index (κ3) is 1.14. The van der Waals surface area contributed by atoms with Crippen LogP contribution in [0.1, 0.15) is 27.6 Å². The molecule has 1 aromatic carbocycles. The lowest BCUT2D eigenvalue weighted by molar-refractivity contribution is 0.0647. The summed E-state index contributed by atoms with van der Waals surface area (Å²) in [5.41, 5.74) is 0.941. The Bertz CT molecular complexity index is 379. The van der Waals surface area contributed by atoms with Gasteiger partial charge < -0.3 is 0 Å². The Morgan fingerprint density at radius 1 is 1.14 bits per heavy atom. The van der Waals surface area contributed by atoms with Gasteiger partial charge in [-0.3, -0.25) is 14.5 Å². The highest BCUT2D eigenvalue weighted by Gasteiger charge is 2.36. The van der Waals surface area contributed by atoms with Crippen molar-refractivity contribution < 1.29 is 9.59 Å². The summed E-state index contributed by atoms with van der Waals surface area (Å²) < 4.78 is 0. The molecule has 1 aliphatic rings. The predicted octanol–water partition coefficient (Wildman–Crippen LogP) is 1.56. The van der Waals surface area contributed by atoms with E-state index in [0.29, 0.717) is 11.1 Å². The van der Waals surface area contributed by atoms with Crippen molar-refractivity contribution in [3.63, 3.8) is 0 Å². The van der Waals surface area contributed by atoms with E-state index in [9.17, 15) is 9.59 Å². The molecule has 1 unspecified atom stereocenters. The lowest BCUT2D eigenvalue weighted by Gasteiger charge is -2.16. The fourth-order valence-corrected chi connectivity index (χ4v) is 1.76. The molecule has 0 bridgehead atoms. The van der Waals surface area contributed by atoms with E-state index < -0.39 is 0 Å². The summed E-state index contributed by atoms with van der Waals surface area (Å²) in [6.45, 7) is 1.70. The van der Waals surface area contributed by atoms with Crippen molar-refractivity contribution in [1.29, 1.82) is 0 Å². The van der Waals surface area contributed by atoms with E-state index in [0.717, 1.165) is 4.90 Å². The average molecular weight is 207 g/mol. The Morgan fingerprint density at radius 3 is 1.93 bits per heavy atom. The van der Waals surface area contributed by atoms with E-state index in [1.807, 2.05) is 0 Å². The quantitative estimate of drug-likeness (QED) is 0.560. The lowest BCUT2D eigenvalue weighted by atomic mass is 10.1. The number of carbonyl (C=O) groups is 2. The third-order valence-electron chi connectivity index (χ3n) is 2.20. The molecule has 0 N–H and O–H groups in total. The van der Waals surface area contributed by atoms with Crippen molar-refractivity contribution in [2.24, 2.45) is 0 Å². The van der Waals surface area contributed by atoms with Gasteiger partial charge in [0.2, 0.25) is 0 Å². The second kappa shape index (κ2) is 3.13. The van der Waals surface area contributed by atoms with Gasteiger partial charge in [-0.2, -0.15) is 12.6 Å². The summed E-state index contributed by atoms with van der Waals surface area (Å²) in [4.78, 5) is 24.6. The lowest BCUT2D eigenvalue weighted by Crippen LogP contribution is -2.34. The van der Waals surface area contributed by atoms with Crippen molar-refractivity contribution in [2.45, 2.75) is 12.3 Å². The SMILES string of the molecule is CC(S)N1C(=O)c2ccccc2C1=O. The van der Waals surface area contributed by atoms with Gasteiger partial charge >= 0.3 is 0 Å². The second-order valence-corrected chi connectivity index (χ2v) is 3.91. The van der Waals surface area contributed by atoms with Gasteiger partial charge in [0.1, 0.15) is 0 Å². The van der Waals surface area contributed by atoms with Gasteiger partial charge in [0.25, 0.3) is 11.8 Å². The Kier molecular flexibility index (Phi) is 2.07. The Balaban J connectivity index is 2.54. The van der Waals surface area contributed by atoms with Crippen LogP contribution in [0, 0.1) is 0 Å². The van der Waals surface area contributed by atoms with Crippen LogP contribution in [0.3, 0.4) is 0 Å². The molecule has 0 saturated heterocycles. The molecule has 0 spiro atoms. The first kappa shape index (κ1) is 9.27. The normalized spacial score (nSPS) is 17.1. The van der Waals surface area contributed by atoms with Gasteiger partial charge in [0, 0.05) is 0 Å². The number of carbonyl (C=O) groups excluding carboxylic acids is 2. The Hall–Kier alpha value is -1.29. The number of thiol groups is 1. The molecule has 0 radical (unpaired) electrons. The van der Waals surface area contributed by atoms with Crippen molar-refractivity contribution in [3.8, 4) is 0 Å². The van der Waals surface area contributed by atoms with Crippen LogP contribution in [-0.4, -0.2) is 22.1 Å². The zero-order valence-corrected chi connectivity index (χ0v) is 8.49. The van der Waals surface area contributed by atoms with Crippen LogP contribution in [0.5, 0.6) is 0 Å². The van der Waals surface area contributed by atoms with E-state index in [1.54, 1.807) is 31.2 Å². The van der Waals surface area contributed by atoms with Gasteiger partial charge in [0.15, 0.2) is 0 Å².